The number of carbonyl (C=O) groups is 1. The van der Waals surface area contributed by atoms with Gasteiger partial charge in [0, 0.05) is 0 Å². The summed E-state index contributed by atoms with van der Waals surface area (Å²) in [6.07, 6.45) is -3.94. The van der Waals surface area contributed by atoms with Gasteiger partial charge in [0.25, 0.3) is 0 Å². The van der Waals surface area contributed by atoms with Crippen LogP contribution in [-0.2, 0) is 4.57 Å². The number of nitrogens with one attached hydrogen (secondary N) is 1. The smallest absolute Gasteiger partial charge is 0.264 e. The highest BCUT2D eigenvalue weighted by Gasteiger charge is 2.54. The molecule has 0 fully saturated rings. The fourth-order valence-electron chi connectivity index (χ4n) is 0.516. The summed E-state index contributed by atoms with van der Waals surface area (Å²) in [6.45, 7) is 0. The Morgan fingerprint density at radius 3 is 1.50 bits per heavy atom. The monoisotopic (exact) mass is 474 g/mol. The van der Waals surface area contributed by atoms with E-state index in [1.165, 1.54) is 0 Å². The number of hydrogen-bond acceptors (Lipinski definition) is 2. The molecule has 0 aromatic heterocycles. The average Bonchev–Trinajstić information content (AvgIpc) is 1.94. The number of halogens is 9. The van der Waals surface area contributed by atoms with Crippen LogP contribution in [0.15, 0.2) is 4.74 Å². The molecule has 0 unspecified atom stereocenters. The molecule has 0 aliphatic rings. The van der Waals surface area contributed by atoms with Crippen LogP contribution >= 0.6 is 116 Å². The molecule has 0 saturated heterocycles. The van der Waals surface area contributed by atoms with Crippen molar-refractivity contribution in [3.05, 3.63) is 0 Å². The number of amides is 2. The minimum Gasteiger partial charge on any atom is -0.264 e. The zero-order valence-corrected chi connectivity index (χ0v) is 16.2. The van der Waals surface area contributed by atoms with Gasteiger partial charge in [-0.3, -0.25) is 9.65 Å². The Balaban J connectivity index is 5.66. The number of alkyl halides is 6. The molecule has 0 aromatic carbocycles. The third kappa shape index (κ3) is 6.12. The number of hydrogen-bond donors (Lipinski definition) is 1. The standard InChI is InChI=1S/C3HCl9N2O2P2/c4-2(5,6)17(10,3(7,8)9)13-1(15)14-18(11,12)16/h(H,14,15,16). The Labute approximate surface area is 147 Å². The first-order chi connectivity index (χ1) is 7.60. The Kier molecular flexibility index (Phi) is 7.70. The lowest BCUT2D eigenvalue weighted by molar-refractivity contribution is 0.254. The van der Waals surface area contributed by atoms with Gasteiger partial charge in [-0.15, -0.1) is 0 Å². The Hall–Kier alpha value is 2.54. The summed E-state index contributed by atoms with van der Waals surface area (Å²) in [5.41, 5.74) is 0. The van der Waals surface area contributed by atoms with Gasteiger partial charge in [-0.25, -0.2) is 4.79 Å². The zero-order chi connectivity index (χ0) is 15.0. The van der Waals surface area contributed by atoms with Crippen molar-refractivity contribution >= 4 is 122 Å². The van der Waals surface area contributed by atoms with Crippen molar-refractivity contribution in [3.63, 3.8) is 0 Å². The van der Waals surface area contributed by atoms with E-state index in [9.17, 15) is 9.36 Å². The van der Waals surface area contributed by atoms with E-state index in [0.29, 0.717) is 0 Å². The second-order valence-corrected chi connectivity index (χ2v) is 17.3. The zero-order valence-electron chi connectivity index (χ0n) is 7.56. The molecule has 2 amide bonds. The molecule has 18 heavy (non-hydrogen) atoms. The first kappa shape index (κ1) is 20.5. The molecule has 0 aliphatic carbocycles. The summed E-state index contributed by atoms with van der Waals surface area (Å²) in [5.74, 6) is -3.96. The first-order valence-corrected chi connectivity index (χ1v) is 11.8. The Morgan fingerprint density at radius 2 is 1.28 bits per heavy atom. The molecule has 0 saturated carbocycles. The predicted octanol–water partition coefficient (Wildman–Crippen LogP) is 7.29. The fraction of sp³-hybridized carbons (Fsp3) is 0.667. The van der Waals surface area contributed by atoms with Crippen molar-refractivity contribution in [3.8, 4) is 0 Å². The fourth-order valence-corrected chi connectivity index (χ4v) is 6.45. The van der Waals surface area contributed by atoms with Crippen LogP contribution in [0.2, 0.25) is 0 Å². The molecule has 0 spiro atoms. The normalized spacial score (nSPS) is 14.3. The maximum absolute atomic E-state index is 11.3. The predicted molar refractivity (Wildman–Crippen MR) is 83.6 cm³/mol. The van der Waals surface area contributed by atoms with Crippen molar-refractivity contribution in [2.24, 2.45) is 4.74 Å². The third-order valence-corrected chi connectivity index (χ3v) is 11.6. The summed E-state index contributed by atoms with van der Waals surface area (Å²) in [5, 5.41) is 1.59. The van der Waals surface area contributed by atoms with Crippen LogP contribution in [0.25, 0.3) is 0 Å². The van der Waals surface area contributed by atoms with Crippen LogP contribution in [0.3, 0.4) is 0 Å². The van der Waals surface area contributed by atoms with Gasteiger partial charge in [0.2, 0.25) is 7.07 Å². The van der Waals surface area contributed by atoms with Gasteiger partial charge in [0.15, 0.2) is 6.41 Å². The number of urea groups is 1. The summed E-state index contributed by atoms with van der Waals surface area (Å²) >= 11 is 49.2. The van der Waals surface area contributed by atoms with Crippen LogP contribution in [0, 0.1) is 0 Å². The maximum Gasteiger partial charge on any atom is 0.348 e. The van der Waals surface area contributed by atoms with E-state index in [2.05, 4.69) is 4.74 Å². The second-order valence-electron chi connectivity index (χ2n) is 2.47. The largest absolute Gasteiger partial charge is 0.348 e. The van der Waals surface area contributed by atoms with Gasteiger partial charge in [-0.05, 0) is 22.5 Å². The average molecular weight is 478 g/mol. The summed E-state index contributed by atoms with van der Waals surface area (Å²) in [4.78, 5) is 11.3. The minimum absolute atomic E-state index is 1.34. The van der Waals surface area contributed by atoms with Gasteiger partial charge in [0.05, 0.1) is 0 Å². The Bertz CT molecular complexity index is 414. The molecule has 4 nitrogen and oxygen atoms in total. The topological polar surface area (TPSA) is 58.5 Å². The highest BCUT2D eigenvalue weighted by Crippen LogP contribution is 2.82. The SMILES string of the molecule is O=C(N=P(Cl)(C(Cl)(Cl)Cl)C(Cl)(Cl)Cl)NP(=O)(Cl)Cl. The highest BCUT2D eigenvalue weighted by molar-refractivity contribution is 8.07. The van der Waals surface area contributed by atoms with Crippen LogP contribution < -0.4 is 5.09 Å². The van der Waals surface area contributed by atoms with Crippen molar-refractivity contribution < 1.29 is 9.36 Å². The van der Waals surface area contributed by atoms with Crippen LogP contribution in [0.4, 0.5) is 4.79 Å². The van der Waals surface area contributed by atoms with Crippen molar-refractivity contribution in [1.82, 2.24) is 5.09 Å². The van der Waals surface area contributed by atoms with Crippen molar-refractivity contribution in [1.29, 1.82) is 0 Å². The first-order valence-electron chi connectivity index (χ1n) is 3.37. The quantitative estimate of drug-likeness (QED) is 0.318. The minimum atomic E-state index is -3.96. The lowest BCUT2D eigenvalue weighted by Gasteiger charge is -2.30. The van der Waals surface area contributed by atoms with E-state index in [1.54, 1.807) is 5.09 Å². The molecule has 0 heterocycles. The van der Waals surface area contributed by atoms with Crippen molar-refractivity contribution in [2.45, 2.75) is 7.07 Å². The lowest BCUT2D eigenvalue weighted by Crippen LogP contribution is -2.18. The summed E-state index contributed by atoms with van der Waals surface area (Å²) in [7, 11) is 0. The van der Waals surface area contributed by atoms with E-state index in [4.69, 9.17) is 103 Å². The van der Waals surface area contributed by atoms with Crippen LogP contribution in [0.5, 0.6) is 0 Å². The van der Waals surface area contributed by atoms with Gasteiger partial charge in [-0.2, -0.15) is 4.74 Å². The van der Waals surface area contributed by atoms with Gasteiger partial charge >= 0.3 is 12.0 Å². The molecule has 0 atom stereocenters. The van der Waals surface area contributed by atoms with E-state index < -0.39 is 25.5 Å². The molecule has 0 aliphatic heterocycles. The molecule has 0 aromatic rings. The molecular weight excluding hydrogens is 477 g/mol. The highest BCUT2D eigenvalue weighted by atomic mass is 35.9. The van der Waals surface area contributed by atoms with Crippen LogP contribution in [0.1, 0.15) is 0 Å². The maximum atomic E-state index is 11.3. The van der Waals surface area contributed by atoms with E-state index >= 15 is 0 Å². The van der Waals surface area contributed by atoms with Crippen LogP contribution in [-0.4, -0.2) is 13.1 Å². The van der Waals surface area contributed by atoms with E-state index in [1.807, 2.05) is 0 Å². The van der Waals surface area contributed by atoms with Gasteiger partial charge < -0.3 is 0 Å². The lowest BCUT2D eigenvalue weighted by atomic mass is 11.2. The molecule has 15 heteroatoms. The Morgan fingerprint density at radius 1 is 0.944 bits per heavy atom. The van der Waals surface area contributed by atoms with E-state index in [0.717, 1.165) is 0 Å². The van der Waals surface area contributed by atoms with Gasteiger partial charge in [-0.1, -0.05) is 80.8 Å². The van der Waals surface area contributed by atoms with E-state index in [-0.39, 0.29) is 0 Å². The summed E-state index contributed by atoms with van der Waals surface area (Å²) in [6, 6.07) is -1.34. The molecular formula is C3HCl9N2O2P2. The summed E-state index contributed by atoms with van der Waals surface area (Å²) < 4.78 is 9.43. The molecule has 108 valence electrons. The third-order valence-electron chi connectivity index (χ3n) is 1.13. The number of carbonyl (C=O) groups excluding carboxylic acids is 1. The van der Waals surface area contributed by atoms with Gasteiger partial charge in [0.1, 0.15) is 0 Å². The molecule has 0 rings (SSSR count). The number of rotatable bonds is 1. The van der Waals surface area contributed by atoms with Crippen molar-refractivity contribution in [2.75, 3.05) is 0 Å². The number of nitrogens with zero attached hydrogens (tertiary/aromatic N) is 1. The second kappa shape index (κ2) is 6.75. The molecule has 1 N–H and O–H groups in total. The molecule has 0 radical (unpaired) electrons. The molecule has 0 bridgehead atoms.